The van der Waals surface area contributed by atoms with Crippen LogP contribution in [0.4, 0.5) is 11.7 Å². The van der Waals surface area contributed by atoms with E-state index < -0.39 is 0 Å². The van der Waals surface area contributed by atoms with Gasteiger partial charge in [0, 0.05) is 30.7 Å². The number of carbonyl (C=O) groups is 1. The number of piperidine rings is 3. The Bertz CT molecular complexity index is 973. The summed E-state index contributed by atoms with van der Waals surface area (Å²) < 4.78 is 5.77. The Morgan fingerprint density at radius 3 is 2.55 bits per heavy atom. The van der Waals surface area contributed by atoms with Crippen LogP contribution in [0.3, 0.4) is 0 Å². The van der Waals surface area contributed by atoms with Crippen LogP contribution in [0, 0.1) is 5.92 Å². The highest BCUT2D eigenvalue weighted by atomic mass is 35.5. The summed E-state index contributed by atoms with van der Waals surface area (Å²) in [6, 6.07) is 9.69. The minimum Gasteiger partial charge on any atom is -0.423 e. The molecule has 2 N–H and O–H groups in total. The van der Waals surface area contributed by atoms with Crippen LogP contribution in [-0.4, -0.2) is 46.5 Å². The van der Waals surface area contributed by atoms with Gasteiger partial charge in [-0.2, -0.15) is 4.98 Å². The van der Waals surface area contributed by atoms with E-state index in [1.165, 1.54) is 12.8 Å². The quantitative estimate of drug-likeness (QED) is 0.650. The molecular weight excluding hydrogens is 413 g/mol. The number of anilines is 2. The van der Waals surface area contributed by atoms with Gasteiger partial charge in [-0.25, -0.2) is 0 Å². The summed E-state index contributed by atoms with van der Waals surface area (Å²) in [6.07, 6.45) is 5.72. The number of fused-ring (bicyclic) bond motifs is 4. The molecule has 1 atom stereocenters. The molecule has 6 rings (SSSR count). The smallest absolute Gasteiger partial charge is 0.300 e. The molecule has 7 nitrogen and oxygen atoms in total. The van der Waals surface area contributed by atoms with Gasteiger partial charge < -0.3 is 20.0 Å². The van der Waals surface area contributed by atoms with E-state index in [2.05, 4.69) is 25.5 Å². The molecule has 1 amide bonds. The Balaban J connectivity index is 0.00000120. The van der Waals surface area contributed by atoms with Gasteiger partial charge in [-0.05, 0) is 56.1 Å². The van der Waals surface area contributed by atoms with Gasteiger partial charge in [0.15, 0.2) is 5.58 Å². The third kappa shape index (κ3) is 4.32. The second-order valence-electron chi connectivity index (χ2n) is 7.25. The molecule has 3 aliphatic rings. The normalized spacial score (nSPS) is 22.4. The molecule has 0 unspecified atom stereocenters. The van der Waals surface area contributed by atoms with E-state index in [1.54, 1.807) is 18.5 Å². The molecule has 2 bridgehead atoms. The summed E-state index contributed by atoms with van der Waals surface area (Å²) >= 11 is 0. The summed E-state index contributed by atoms with van der Waals surface area (Å²) in [4.78, 5) is 23.9. The van der Waals surface area contributed by atoms with E-state index in [4.69, 9.17) is 4.42 Å². The molecule has 3 aromatic rings. The third-order valence-electron chi connectivity index (χ3n) is 5.57. The summed E-state index contributed by atoms with van der Waals surface area (Å²) in [5.74, 6) is 0.502. The lowest BCUT2D eigenvalue weighted by Gasteiger charge is -2.44. The number of para-hydroxylation sites is 1. The van der Waals surface area contributed by atoms with Gasteiger partial charge in [0.2, 0.25) is 0 Å². The Morgan fingerprint density at radius 2 is 1.86 bits per heavy atom. The first-order valence-electron chi connectivity index (χ1n) is 9.36. The molecule has 3 saturated heterocycles. The third-order valence-corrected chi connectivity index (χ3v) is 5.57. The number of aromatic nitrogens is 2. The topological polar surface area (TPSA) is 83.3 Å². The second-order valence-corrected chi connectivity index (χ2v) is 7.25. The van der Waals surface area contributed by atoms with Crippen molar-refractivity contribution >= 4 is 53.5 Å². The molecule has 2 aromatic heterocycles. The van der Waals surface area contributed by atoms with Gasteiger partial charge in [-0.3, -0.25) is 9.78 Å². The zero-order valence-electron chi connectivity index (χ0n) is 15.7. The van der Waals surface area contributed by atoms with Gasteiger partial charge in [0.25, 0.3) is 11.9 Å². The highest BCUT2D eigenvalue weighted by molar-refractivity contribution is 6.05. The van der Waals surface area contributed by atoms with Gasteiger partial charge in [0.05, 0.1) is 5.56 Å². The predicted octanol–water partition coefficient (Wildman–Crippen LogP) is 3.63. The minimum atomic E-state index is -0.0805. The van der Waals surface area contributed by atoms with Gasteiger partial charge >= 0.3 is 0 Å². The number of hydrogen-bond donors (Lipinski definition) is 2. The van der Waals surface area contributed by atoms with Gasteiger partial charge in [-0.15, -0.1) is 24.8 Å². The first kappa shape index (κ1) is 21.4. The van der Waals surface area contributed by atoms with Crippen LogP contribution in [0.5, 0.6) is 0 Å². The fraction of sp³-hybridized carbons (Fsp3) is 0.350. The average Bonchev–Trinajstić information content (AvgIpc) is 3.12. The Morgan fingerprint density at radius 1 is 1.10 bits per heavy atom. The first-order chi connectivity index (χ1) is 13.3. The second kappa shape index (κ2) is 8.98. The number of nitrogens with zero attached hydrogens (tertiary/aromatic N) is 3. The van der Waals surface area contributed by atoms with Gasteiger partial charge in [-0.1, -0.05) is 6.07 Å². The van der Waals surface area contributed by atoms with Crippen LogP contribution in [0.1, 0.15) is 23.2 Å². The number of hydrogen-bond acceptors (Lipinski definition) is 6. The predicted molar refractivity (Wildman–Crippen MR) is 116 cm³/mol. The highest BCUT2D eigenvalue weighted by Gasteiger charge is 2.35. The van der Waals surface area contributed by atoms with Crippen molar-refractivity contribution in [3.05, 3.63) is 48.3 Å². The Kier molecular flexibility index (Phi) is 6.62. The molecule has 0 aliphatic carbocycles. The first-order valence-corrected chi connectivity index (χ1v) is 9.36. The van der Waals surface area contributed by atoms with E-state index in [0.29, 0.717) is 28.6 Å². The zero-order valence-corrected chi connectivity index (χ0v) is 17.3. The van der Waals surface area contributed by atoms with Crippen molar-refractivity contribution in [2.24, 2.45) is 5.92 Å². The van der Waals surface area contributed by atoms with Crippen molar-refractivity contribution in [1.29, 1.82) is 0 Å². The Labute approximate surface area is 181 Å². The largest absolute Gasteiger partial charge is 0.423 e. The van der Waals surface area contributed by atoms with Crippen LogP contribution in [0.25, 0.3) is 11.1 Å². The lowest BCUT2D eigenvalue weighted by molar-refractivity contribution is 0.0621. The lowest BCUT2D eigenvalue weighted by Crippen LogP contribution is -2.57. The summed E-state index contributed by atoms with van der Waals surface area (Å²) in [6.45, 7) is 3.25. The average molecular weight is 436 g/mol. The van der Waals surface area contributed by atoms with Crippen LogP contribution < -0.4 is 10.6 Å². The molecule has 0 saturated carbocycles. The SMILES string of the molecule is Cl.Cl.O=C(N[C@@H]1CN2CCC1CC2)c1cccc2oc(Nc3ccncc3)nc12. The highest BCUT2D eigenvalue weighted by Crippen LogP contribution is 2.29. The number of nitrogens with one attached hydrogen (secondary N) is 2. The van der Waals surface area contributed by atoms with Crippen LogP contribution in [-0.2, 0) is 0 Å². The molecule has 1 aromatic carbocycles. The molecular formula is C20H23Cl2N5O2. The van der Waals surface area contributed by atoms with Crippen molar-refractivity contribution in [2.75, 3.05) is 25.0 Å². The molecule has 0 radical (unpaired) electrons. The minimum absolute atomic E-state index is 0. The van der Waals surface area contributed by atoms with Crippen molar-refractivity contribution in [2.45, 2.75) is 18.9 Å². The monoisotopic (exact) mass is 435 g/mol. The summed E-state index contributed by atoms with van der Waals surface area (Å²) in [5, 5.41) is 6.33. The number of oxazole rings is 1. The van der Waals surface area contributed by atoms with Crippen molar-refractivity contribution < 1.29 is 9.21 Å². The van der Waals surface area contributed by atoms with E-state index in [9.17, 15) is 4.79 Å². The maximum Gasteiger partial charge on any atom is 0.300 e. The molecule has 3 fully saturated rings. The number of pyridine rings is 1. The fourth-order valence-corrected chi connectivity index (χ4v) is 4.12. The molecule has 0 spiro atoms. The van der Waals surface area contributed by atoms with Crippen molar-refractivity contribution in [3.63, 3.8) is 0 Å². The van der Waals surface area contributed by atoms with Crippen LogP contribution in [0.15, 0.2) is 47.1 Å². The number of carbonyl (C=O) groups excluding carboxylic acids is 1. The van der Waals surface area contributed by atoms with Crippen LogP contribution in [0.2, 0.25) is 0 Å². The van der Waals surface area contributed by atoms with Crippen molar-refractivity contribution in [3.8, 4) is 0 Å². The number of rotatable bonds is 4. The van der Waals surface area contributed by atoms with Gasteiger partial charge in [0.1, 0.15) is 5.52 Å². The van der Waals surface area contributed by atoms with E-state index in [0.717, 1.165) is 25.3 Å². The number of amides is 1. The molecule has 3 aliphatic heterocycles. The summed E-state index contributed by atoms with van der Waals surface area (Å²) in [5.41, 5.74) is 2.55. The fourth-order valence-electron chi connectivity index (χ4n) is 4.12. The number of halogens is 2. The Hall–Kier alpha value is -2.35. The molecule has 29 heavy (non-hydrogen) atoms. The maximum absolute atomic E-state index is 12.9. The van der Waals surface area contributed by atoms with E-state index in [1.807, 2.05) is 24.3 Å². The lowest BCUT2D eigenvalue weighted by atomic mass is 9.84. The summed E-state index contributed by atoms with van der Waals surface area (Å²) in [7, 11) is 0. The molecule has 5 heterocycles. The standard InChI is InChI=1S/C20H21N5O2.2ClH/c26-19(23-16-12-25-10-6-13(16)7-11-25)15-2-1-3-17-18(15)24-20(27-17)22-14-4-8-21-9-5-14;;/h1-5,8-9,13,16H,6-7,10-12H2,(H,23,26)(H,21,22,24);2*1H/t16-;;/m1../s1. The molecule has 154 valence electrons. The zero-order chi connectivity index (χ0) is 18.2. The van der Waals surface area contributed by atoms with E-state index >= 15 is 0 Å². The van der Waals surface area contributed by atoms with Crippen molar-refractivity contribution in [1.82, 2.24) is 20.2 Å². The maximum atomic E-state index is 12.9. The molecule has 9 heteroatoms. The number of benzene rings is 1. The van der Waals surface area contributed by atoms with E-state index in [-0.39, 0.29) is 36.8 Å². The van der Waals surface area contributed by atoms with Crippen LogP contribution >= 0.6 is 24.8 Å².